The van der Waals surface area contributed by atoms with Gasteiger partial charge in [-0.2, -0.15) is 0 Å². The van der Waals surface area contributed by atoms with Crippen LogP contribution >= 0.6 is 23.2 Å². The maximum Gasteiger partial charge on any atom is 0.259 e. The predicted octanol–water partition coefficient (Wildman–Crippen LogP) is 3.99. The number of alkyl halides is 2. The van der Waals surface area contributed by atoms with E-state index in [1.54, 1.807) is 36.4 Å². The van der Waals surface area contributed by atoms with Crippen LogP contribution in [0.15, 0.2) is 97.1 Å². The zero-order chi connectivity index (χ0) is 49.9. The third-order valence-electron chi connectivity index (χ3n) is 10.9. The van der Waals surface area contributed by atoms with Gasteiger partial charge >= 0.3 is 0 Å². The number of amides is 5. The zero-order valence-corrected chi connectivity index (χ0v) is 42.3. The average molecular weight is 1020 g/mol. The van der Waals surface area contributed by atoms with Crippen molar-refractivity contribution >= 4 is 81.2 Å². The van der Waals surface area contributed by atoms with E-state index in [9.17, 15) is 24.0 Å². The van der Waals surface area contributed by atoms with Gasteiger partial charge in [-0.15, -0.1) is 23.2 Å². The first-order valence-electron chi connectivity index (χ1n) is 22.3. The van der Waals surface area contributed by atoms with E-state index in [1.807, 2.05) is 38.4 Å². The summed E-state index contributed by atoms with van der Waals surface area (Å²) < 4.78 is 21.9. The van der Waals surface area contributed by atoms with Crippen LogP contribution in [-0.2, 0) is 11.2 Å². The fraction of sp³-hybridized carbons (Fsp3) is 0.314. The van der Waals surface area contributed by atoms with Crippen LogP contribution in [0.2, 0.25) is 0 Å². The molecule has 0 radical (unpaired) electrons. The van der Waals surface area contributed by atoms with Crippen LogP contribution in [-0.4, -0.2) is 110 Å². The highest BCUT2D eigenvalue weighted by Crippen LogP contribution is 2.30. The number of rotatable bonds is 25. The molecule has 16 nitrogen and oxygen atoms in total. The predicted molar refractivity (Wildman–Crippen MR) is 272 cm³/mol. The van der Waals surface area contributed by atoms with Crippen molar-refractivity contribution < 1.29 is 60.2 Å². The summed E-state index contributed by atoms with van der Waals surface area (Å²) in [6, 6.07) is 26.7. The number of ether oxygens (including phenoxy) is 4. The van der Waals surface area contributed by atoms with Crippen LogP contribution in [0.4, 0.5) is 28.4 Å². The second kappa shape index (κ2) is 28.1. The van der Waals surface area contributed by atoms with Crippen molar-refractivity contribution in [3.05, 3.63) is 125 Å². The van der Waals surface area contributed by atoms with Crippen molar-refractivity contribution in [2.75, 3.05) is 107 Å². The van der Waals surface area contributed by atoms with Crippen molar-refractivity contribution in [3.8, 4) is 23.0 Å². The zero-order valence-electron chi connectivity index (χ0n) is 40.1. The molecule has 0 aromatic heterocycles. The van der Waals surface area contributed by atoms with Gasteiger partial charge in [-0.1, -0.05) is 12.1 Å². The van der Waals surface area contributed by atoms with Gasteiger partial charge in [-0.25, -0.2) is 0 Å². The number of nitrogens with one attached hydrogen (secondary N) is 6. The smallest absolute Gasteiger partial charge is 0.259 e. The highest BCUT2D eigenvalue weighted by molar-refractivity contribution is 6.18. The van der Waals surface area contributed by atoms with Gasteiger partial charge in [-0.05, 0) is 103 Å². The van der Waals surface area contributed by atoms with E-state index in [0.29, 0.717) is 61.4 Å². The number of hydrogen-bond donors (Lipinski definition) is 6. The second-order valence-electron chi connectivity index (χ2n) is 16.0. The van der Waals surface area contributed by atoms with Gasteiger partial charge in [0.1, 0.15) is 23.0 Å². The van der Waals surface area contributed by atoms with E-state index in [1.165, 1.54) is 69.7 Å². The first-order chi connectivity index (χ1) is 33.3. The van der Waals surface area contributed by atoms with Crippen molar-refractivity contribution in [2.45, 2.75) is 25.7 Å². The third-order valence-corrected chi connectivity index (χ3v) is 11.2. The SMILES string of the molecule is COc1ccc(NC(=O)c2cc(NC(=O)c3cc(NC(=O)c4cc(NC(=O)CCCc5ccc(N(CCCl)CCCl)cc5)ccc4OC)ccc3OC)ccc2OC)cc1C(=O)NCCC[NH+](C)C.[Cl-]. The summed E-state index contributed by atoms with van der Waals surface area (Å²) in [7, 11) is 9.78. The summed E-state index contributed by atoms with van der Waals surface area (Å²) in [5.41, 5.74) is 3.95. The van der Waals surface area contributed by atoms with Crippen LogP contribution < -0.4 is 67.7 Å². The van der Waals surface area contributed by atoms with Gasteiger partial charge in [0, 0.05) is 72.7 Å². The molecule has 0 spiro atoms. The molecule has 0 saturated carbocycles. The molecule has 0 aliphatic rings. The van der Waals surface area contributed by atoms with Crippen LogP contribution in [0.3, 0.4) is 0 Å². The van der Waals surface area contributed by atoms with Crippen molar-refractivity contribution in [1.82, 2.24) is 5.32 Å². The van der Waals surface area contributed by atoms with E-state index in [-0.39, 0.29) is 81.5 Å². The Hall–Kier alpha value is -6.72. The summed E-state index contributed by atoms with van der Waals surface area (Å²) in [5.74, 6) is -0.244. The number of hydrogen-bond acceptors (Lipinski definition) is 10. The first-order valence-corrected chi connectivity index (χ1v) is 23.4. The number of nitrogens with zero attached hydrogens (tertiary/aromatic N) is 1. The molecule has 6 N–H and O–H groups in total. The molecule has 5 aromatic carbocycles. The molecule has 19 heteroatoms. The Balaban J connectivity index is 0.0000107. The third kappa shape index (κ3) is 15.9. The molecule has 0 bridgehead atoms. The number of carbonyl (C=O) groups is 5. The van der Waals surface area contributed by atoms with Crippen LogP contribution in [0.25, 0.3) is 0 Å². The summed E-state index contributed by atoms with van der Waals surface area (Å²) in [4.78, 5) is 70.8. The molecule has 0 fully saturated rings. The first kappa shape index (κ1) is 55.9. The van der Waals surface area contributed by atoms with Gasteiger partial charge in [0.2, 0.25) is 5.91 Å². The van der Waals surface area contributed by atoms with Gasteiger partial charge in [0.05, 0.1) is 71.3 Å². The molecule has 5 amide bonds. The molecule has 0 aliphatic carbocycles. The normalized spacial score (nSPS) is 10.6. The number of anilines is 5. The Kier molecular flexibility index (Phi) is 22.4. The average Bonchev–Trinajstić information content (AvgIpc) is 3.35. The lowest BCUT2D eigenvalue weighted by Gasteiger charge is -2.23. The van der Waals surface area contributed by atoms with Crippen molar-refractivity contribution in [2.24, 2.45) is 0 Å². The number of carbonyl (C=O) groups excluding carboxylic acids is 5. The minimum Gasteiger partial charge on any atom is -1.00 e. The summed E-state index contributed by atoms with van der Waals surface area (Å²) in [6.45, 7) is 2.75. The fourth-order valence-corrected chi connectivity index (χ4v) is 7.72. The molecular weight excluding hydrogens is 961 g/mol. The lowest BCUT2D eigenvalue weighted by Crippen LogP contribution is -3.05. The molecule has 0 saturated heterocycles. The Bertz CT molecular complexity index is 2580. The van der Waals surface area contributed by atoms with Gasteiger partial charge in [-0.3, -0.25) is 24.0 Å². The topological polar surface area (TPSA) is 190 Å². The van der Waals surface area contributed by atoms with E-state index in [2.05, 4.69) is 31.5 Å². The van der Waals surface area contributed by atoms with Crippen molar-refractivity contribution in [1.29, 1.82) is 0 Å². The minimum atomic E-state index is -0.604. The van der Waals surface area contributed by atoms with E-state index >= 15 is 0 Å². The molecule has 5 aromatic rings. The Morgan fingerprint density at radius 3 is 1.29 bits per heavy atom. The molecule has 70 heavy (non-hydrogen) atoms. The van der Waals surface area contributed by atoms with Crippen LogP contribution in [0.1, 0.15) is 66.3 Å². The number of halogens is 3. The molecule has 374 valence electrons. The molecule has 0 aliphatic heterocycles. The lowest BCUT2D eigenvalue weighted by molar-refractivity contribution is -0.858. The highest BCUT2D eigenvalue weighted by Gasteiger charge is 2.21. The minimum absolute atomic E-state index is 0. The molecule has 5 rings (SSSR count). The quantitative estimate of drug-likeness (QED) is 0.0369. The van der Waals surface area contributed by atoms with Gasteiger partial charge < -0.3 is 67.7 Å². The second-order valence-corrected chi connectivity index (χ2v) is 16.8. The summed E-state index contributed by atoms with van der Waals surface area (Å²) in [6.07, 6.45) is 2.35. The molecule has 0 atom stereocenters. The summed E-state index contributed by atoms with van der Waals surface area (Å²) >= 11 is 11.9. The molecular formula is C51H60Cl3N7O9. The van der Waals surface area contributed by atoms with Crippen LogP contribution in [0.5, 0.6) is 23.0 Å². The maximum absolute atomic E-state index is 13.8. The number of aryl methyl sites for hydroxylation is 1. The number of methoxy groups -OCH3 is 4. The van der Waals surface area contributed by atoms with Gasteiger partial charge in [0.25, 0.3) is 23.6 Å². The van der Waals surface area contributed by atoms with E-state index < -0.39 is 17.7 Å². The number of benzene rings is 5. The molecule has 0 unspecified atom stereocenters. The molecule has 0 heterocycles. The largest absolute Gasteiger partial charge is 1.00 e. The lowest BCUT2D eigenvalue weighted by atomic mass is 10.1. The maximum atomic E-state index is 13.8. The van der Waals surface area contributed by atoms with E-state index in [0.717, 1.165) is 24.2 Å². The van der Waals surface area contributed by atoms with Crippen LogP contribution in [0, 0.1) is 0 Å². The standard InChI is InChI=1S/C51H59Cl2N7O9.ClH/c1-59(2)26-8-25-54-48(62)39-30-35(14-20-43(39)66-3)56-50(64)41-32-37(16-22-45(41)68-5)58-51(65)42-31-36(15-21-46(42)69-6)57-49(63)40-29-34(13-19-44(40)67-4)55-47(61)10-7-9-33-11-17-38(18-12-33)60(27-23-52)28-24-53;/h11-22,29-32H,7-10,23-28H2,1-6H3,(H,54,62)(H,55,61)(H,56,64)(H,57,63)(H,58,65);1H. The highest BCUT2D eigenvalue weighted by atomic mass is 35.5. The monoisotopic (exact) mass is 1020 g/mol. The van der Waals surface area contributed by atoms with E-state index in [4.69, 9.17) is 42.1 Å². The number of quaternary nitrogens is 1. The Morgan fingerprint density at radius 1 is 0.529 bits per heavy atom. The Morgan fingerprint density at radius 2 is 0.914 bits per heavy atom. The fourth-order valence-electron chi connectivity index (χ4n) is 7.31. The van der Waals surface area contributed by atoms with Gasteiger partial charge in [0.15, 0.2) is 0 Å². The summed E-state index contributed by atoms with van der Waals surface area (Å²) in [5, 5.41) is 14.2. The Labute approximate surface area is 425 Å². The van der Waals surface area contributed by atoms with Crippen molar-refractivity contribution in [3.63, 3.8) is 0 Å².